The molecule has 0 radical (unpaired) electrons. The quantitative estimate of drug-likeness (QED) is 0.826. The topological polar surface area (TPSA) is 44.5 Å². The highest BCUT2D eigenvalue weighted by Crippen LogP contribution is 2.34. The number of methoxy groups -OCH3 is 2. The average Bonchev–Trinajstić information content (AvgIpc) is 2.36. The zero-order valence-electron chi connectivity index (χ0n) is 11.6. The third-order valence-corrected chi connectivity index (χ3v) is 4.08. The summed E-state index contributed by atoms with van der Waals surface area (Å²) in [5, 5.41) is 0. The molecule has 0 heterocycles. The monoisotopic (exact) mass is 269 g/mol. The second-order valence-electron chi connectivity index (χ2n) is 4.61. The molecule has 0 bridgehead atoms. The van der Waals surface area contributed by atoms with Crippen molar-refractivity contribution in [3.05, 3.63) is 23.8 Å². The van der Waals surface area contributed by atoms with E-state index in [1.807, 2.05) is 30.0 Å². The number of thioether (sulfide) groups is 1. The first-order valence-electron chi connectivity index (χ1n) is 6.14. The SMILES string of the molecule is COc1cccc(OC)c1C(N)CSCC(C)C. The smallest absolute Gasteiger partial charge is 0.127 e. The minimum Gasteiger partial charge on any atom is -0.496 e. The number of benzene rings is 1. The molecule has 1 atom stereocenters. The molecule has 1 rings (SSSR count). The fourth-order valence-electron chi connectivity index (χ4n) is 1.76. The second-order valence-corrected chi connectivity index (χ2v) is 5.69. The van der Waals surface area contributed by atoms with Gasteiger partial charge in [0.2, 0.25) is 0 Å². The Kier molecular flexibility index (Phi) is 6.36. The van der Waals surface area contributed by atoms with Gasteiger partial charge in [-0.3, -0.25) is 0 Å². The van der Waals surface area contributed by atoms with Gasteiger partial charge in [-0.1, -0.05) is 19.9 Å². The van der Waals surface area contributed by atoms with Crippen molar-refractivity contribution in [2.45, 2.75) is 19.9 Å². The van der Waals surface area contributed by atoms with E-state index in [4.69, 9.17) is 15.2 Å². The van der Waals surface area contributed by atoms with Crippen molar-refractivity contribution in [2.75, 3.05) is 25.7 Å². The van der Waals surface area contributed by atoms with Gasteiger partial charge in [-0.05, 0) is 23.8 Å². The second kappa shape index (κ2) is 7.54. The van der Waals surface area contributed by atoms with Gasteiger partial charge < -0.3 is 15.2 Å². The Labute approximate surface area is 114 Å². The summed E-state index contributed by atoms with van der Waals surface area (Å²) in [6.07, 6.45) is 0. The third-order valence-electron chi connectivity index (χ3n) is 2.59. The van der Waals surface area contributed by atoms with Gasteiger partial charge in [-0.2, -0.15) is 11.8 Å². The lowest BCUT2D eigenvalue weighted by atomic mass is 10.1. The summed E-state index contributed by atoms with van der Waals surface area (Å²) in [5.41, 5.74) is 7.21. The molecule has 0 fully saturated rings. The Hall–Kier alpha value is -0.870. The van der Waals surface area contributed by atoms with E-state index in [0.29, 0.717) is 5.92 Å². The summed E-state index contributed by atoms with van der Waals surface area (Å²) in [6, 6.07) is 5.69. The van der Waals surface area contributed by atoms with Crippen LogP contribution in [0.4, 0.5) is 0 Å². The molecule has 1 unspecified atom stereocenters. The van der Waals surface area contributed by atoms with Crippen LogP contribution in [0.2, 0.25) is 0 Å². The van der Waals surface area contributed by atoms with Gasteiger partial charge in [0.25, 0.3) is 0 Å². The molecule has 18 heavy (non-hydrogen) atoms. The molecule has 1 aromatic rings. The zero-order valence-corrected chi connectivity index (χ0v) is 12.4. The molecule has 0 aliphatic heterocycles. The van der Waals surface area contributed by atoms with Crippen LogP contribution >= 0.6 is 11.8 Å². The van der Waals surface area contributed by atoms with E-state index in [1.165, 1.54) is 0 Å². The van der Waals surface area contributed by atoms with Gasteiger partial charge >= 0.3 is 0 Å². The van der Waals surface area contributed by atoms with Crippen LogP contribution in [0.25, 0.3) is 0 Å². The van der Waals surface area contributed by atoms with Crippen molar-refractivity contribution in [1.82, 2.24) is 0 Å². The summed E-state index contributed by atoms with van der Waals surface area (Å²) in [4.78, 5) is 0. The van der Waals surface area contributed by atoms with Crippen molar-refractivity contribution in [3.8, 4) is 11.5 Å². The maximum absolute atomic E-state index is 6.25. The molecule has 0 aliphatic rings. The van der Waals surface area contributed by atoms with E-state index in [2.05, 4.69) is 13.8 Å². The maximum Gasteiger partial charge on any atom is 0.127 e. The number of hydrogen-bond donors (Lipinski definition) is 1. The van der Waals surface area contributed by atoms with Gasteiger partial charge in [0.15, 0.2) is 0 Å². The number of ether oxygens (including phenoxy) is 2. The minimum atomic E-state index is -0.0696. The van der Waals surface area contributed by atoms with Gasteiger partial charge in [-0.15, -0.1) is 0 Å². The van der Waals surface area contributed by atoms with E-state index in [1.54, 1.807) is 14.2 Å². The molecule has 3 nitrogen and oxygen atoms in total. The Morgan fingerprint density at radius 3 is 2.11 bits per heavy atom. The Bertz CT molecular complexity index is 347. The number of nitrogens with two attached hydrogens (primary N) is 1. The lowest BCUT2D eigenvalue weighted by molar-refractivity contribution is 0.381. The van der Waals surface area contributed by atoms with Gasteiger partial charge in [-0.25, -0.2) is 0 Å². The molecule has 2 N–H and O–H groups in total. The average molecular weight is 269 g/mol. The van der Waals surface area contributed by atoms with E-state index >= 15 is 0 Å². The Morgan fingerprint density at radius 2 is 1.67 bits per heavy atom. The van der Waals surface area contributed by atoms with Crippen LogP contribution in [0.5, 0.6) is 11.5 Å². The lowest BCUT2D eigenvalue weighted by Crippen LogP contribution is -2.16. The summed E-state index contributed by atoms with van der Waals surface area (Å²) in [6.45, 7) is 4.42. The molecule has 0 amide bonds. The molecular weight excluding hydrogens is 246 g/mol. The fourth-order valence-corrected chi connectivity index (χ4v) is 2.79. The van der Waals surface area contributed by atoms with Crippen LogP contribution in [0.1, 0.15) is 25.5 Å². The van der Waals surface area contributed by atoms with Crippen LogP contribution < -0.4 is 15.2 Å². The first kappa shape index (κ1) is 15.2. The predicted molar refractivity (Wildman–Crippen MR) is 78.6 cm³/mol. The lowest BCUT2D eigenvalue weighted by Gasteiger charge is -2.19. The summed E-state index contributed by atoms with van der Waals surface area (Å²) in [5.74, 6) is 4.26. The van der Waals surface area contributed by atoms with Gasteiger partial charge in [0.1, 0.15) is 11.5 Å². The van der Waals surface area contributed by atoms with Gasteiger partial charge in [0.05, 0.1) is 19.8 Å². The molecule has 0 aliphatic carbocycles. The van der Waals surface area contributed by atoms with Crippen LogP contribution in [0, 0.1) is 5.92 Å². The van der Waals surface area contributed by atoms with Crippen LogP contribution in [-0.4, -0.2) is 25.7 Å². The van der Waals surface area contributed by atoms with Crippen LogP contribution in [0.3, 0.4) is 0 Å². The highest BCUT2D eigenvalue weighted by atomic mass is 32.2. The largest absolute Gasteiger partial charge is 0.496 e. The summed E-state index contributed by atoms with van der Waals surface area (Å²) in [7, 11) is 3.32. The highest BCUT2D eigenvalue weighted by molar-refractivity contribution is 7.99. The number of rotatable bonds is 7. The first-order chi connectivity index (χ1) is 8.60. The van der Waals surface area contributed by atoms with Crippen molar-refractivity contribution in [2.24, 2.45) is 11.7 Å². The zero-order chi connectivity index (χ0) is 13.5. The van der Waals surface area contributed by atoms with Crippen molar-refractivity contribution in [1.29, 1.82) is 0 Å². The predicted octanol–water partition coefficient (Wildman–Crippen LogP) is 3.09. The fraction of sp³-hybridized carbons (Fsp3) is 0.571. The maximum atomic E-state index is 6.25. The molecule has 4 heteroatoms. The normalized spacial score (nSPS) is 12.6. The molecule has 1 aromatic carbocycles. The van der Waals surface area contributed by atoms with Crippen molar-refractivity contribution >= 4 is 11.8 Å². The molecule has 0 saturated carbocycles. The Morgan fingerprint density at radius 1 is 1.11 bits per heavy atom. The standard InChI is InChI=1S/C14H23NO2S/c1-10(2)8-18-9-11(15)14-12(16-3)6-5-7-13(14)17-4/h5-7,10-11H,8-9,15H2,1-4H3. The molecular formula is C14H23NO2S. The van der Waals surface area contributed by atoms with E-state index in [9.17, 15) is 0 Å². The molecule has 0 saturated heterocycles. The van der Waals surface area contributed by atoms with Gasteiger partial charge in [0, 0.05) is 11.8 Å². The molecule has 0 spiro atoms. The van der Waals surface area contributed by atoms with Crippen molar-refractivity contribution < 1.29 is 9.47 Å². The van der Waals surface area contributed by atoms with Crippen molar-refractivity contribution in [3.63, 3.8) is 0 Å². The van der Waals surface area contributed by atoms with Crippen LogP contribution in [-0.2, 0) is 0 Å². The highest BCUT2D eigenvalue weighted by Gasteiger charge is 2.17. The van der Waals surface area contributed by atoms with E-state index < -0.39 is 0 Å². The first-order valence-corrected chi connectivity index (χ1v) is 7.29. The van der Waals surface area contributed by atoms with E-state index in [-0.39, 0.29) is 6.04 Å². The molecule has 102 valence electrons. The number of hydrogen-bond acceptors (Lipinski definition) is 4. The summed E-state index contributed by atoms with van der Waals surface area (Å²) < 4.78 is 10.7. The Balaban J connectivity index is 2.79. The van der Waals surface area contributed by atoms with Crippen LogP contribution in [0.15, 0.2) is 18.2 Å². The minimum absolute atomic E-state index is 0.0696. The van der Waals surface area contributed by atoms with E-state index in [0.717, 1.165) is 28.6 Å². The third kappa shape index (κ3) is 4.10. The summed E-state index contributed by atoms with van der Waals surface area (Å²) >= 11 is 1.87. The molecule has 0 aromatic heterocycles.